The Labute approximate surface area is 102 Å². The maximum atomic E-state index is 5.91. The molecule has 1 aliphatic heterocycles. The second kappa shape index (κ2) is 8.08. The number of likely N-dealkylation sites (tertiary alicyclic amines) is 1. The lowest BCUT2D eigenvalue weighted by molar-refractivity contribution is 0.126. The van der Waals surface area contributed by atoms with Gasteiger partial charge in [0.15, 0.2) is 0 Å². The van der Waals surface area contributed by atoms with Crippen molar-refractivity contribution in [1.82, 2.24) is 4.90 Å². The van der Waals surface area contributed by atoms with Crippen LogP contribution in [0.3, 0.4) is 0 Å². The van der Waals surface area contributed by atoms with Crippen molar-refractivity contribution < 1.29 is 0 Å². The molecule has 1 heterocycles. The first-order valence-electron chi connectivity index (χ1n) is 7.25. The van der Waals surface area contributed by atoms with Gasteiger partial charge in [-0.25, -0.2) is 0 Å². The van der Waals surface area contributed by atoms with Crippen LogP contribution in [0.4, 0.5) is 0 Å². The number of hydrogen-bond acceptors (Lipinski definition) is 2. The van der Waals surface area contributed by atoms with Crippen LogP contribution in [0, 0.1) is 5.92 Å². The van der Waals surface area contributed by atoms with E-state index in [9.17, 15) is 0 Å². The number of unbranched alkanes of at least 4 members (excludes halogenated alkanes) is 2. The Hall–Kier alpha value is -0.0800. The van der Waals surface area contributed by atoms with E-state index in [2.05, 4.69) is 18.7 Å². The van der Waals surface area contributed by atoms with E-state index in [0.717, 1.165) is 12.5 Å². The summed E-state index contributed by atoms with van der Waals surface area (Å²) >= 11 is 0. The van der Waals surface area contributed by atoms with Crippen LogP contribution in [-0.2, 0) is 0 Å². The number of piperidine rings is 1. The molecule has 1 atom stereocenters. The summed E-state index contributed by atoms with van der Waals surface area (Å²) in [6.45, 7) is 8.01. The fourth-order valence-electron chi connectivity index (χ4n) is 2.81. The molecule has 0 saturated carbocycles. The van der Waals surface area contributed by atoms with Crippen LogP contribution in [0.5, 0.6) is 0 Å². The average Bonchev–Trinajstić information content (AvgIpc) is 2.35. The highest BCUT2D eigenvalue weighted by Gasteiger charge is 2.22. The van der Waals surface area contributed by atoms with E-state index in [1.165, 1.54) is 58.0 Å². The van der Waals surface area contributed by atoms with Crippen molar-refractivity contribution in [3.05, 3.63) is 0 Å². The average molecular weight is 226 g/mol. The monoisotopic (exact) mass is 226 g/mol. The third kappa shape index (κ3) is 4.42. The standard InChI is InChI=1S/C14H30N2/c1-3-5-6-7-14(12-15)16-10-8-13(4-2)9-11-16/h13-14H,3-12,15H2,1-2H3. The van der Waals surface area contributed by atoms with Crippen LogP contribution < -0.4 is 5.73 Å². The molecule has 1 unspecified atom stereocenters. The molecule has 1 saturated heterocycles. The molecule has 0 aliphatic carbocycles. The topological polar surface area (TPSA) is 29.3 Å². The third-order valence-electron chi connectivity index (χ3n) is 4.16. The quantitative estimate of drug-likeness (QED) is 0.676. The van der Waals surface area contributed by atoms with Gasteiger partial charge in [-0.2, -0.15) is 0 Å². The van der Waals surface area contributed by atoms with Gasteiger partial charge in [-0.1, -0.05) is 39.5 Å². The van der Waals surface area contributed by atoms with E-state index in [1.807, 2.05) is 0 Å². The lowest BCUT2D eigenvalue weighted by Crippen LogP contribution is -2.45. The molecule has 96 valence electrons. The van der Waals surface area contributed by atoms with Gasteiger partial charge in [0, 0.05) is 12.6 Å². The maximum absolute atomic E-state index is 5.91. The summed E-state index contributed by atoms with van der Waals surface area (Å²) in [6.07, 6.45) is 9.48. The molecule has 0 radical (unpaired) electrons. The Balaban J connectivity index is 2.25. The van der Waals surface area contributed by atoms with Crippen LogP contribution in [0.2, 0.25) is 0 Å². The zero-order valence-corrected chi connectivity index (χ0v) is 11.3. The second-order valence-corrected chi connectivity index (χ2v) is 5.27. The minimum atomic E-state index is 0.657. The summed E-state index contributed by atoms with van der Waals surface area (Å²) in [5.41, 5.74) is 5.91. The van der Waals surface area contributed by atoms with Gasteiger partial charge in [-0.05, 0) is 38.3 Å². The Morgan fingerprint density at radius 3 is 2.38 bits per heavy atom. The number of rotatable bonds is 7. The van der Waals surface area contributed by atoms with Crippen molar-refractivity contribution in [1.29, 1.82) is 0 Å². The molecule has 2 heteroatoms. The van der Waals surface area contributed by atoms with Crippen LogP contribution in [0.25, 0.3) is 0 Å². The van der Waals surface area contributed by atoms with Gasteiger partial charge in [0.05, 0.1) is 0 Å². The first kappa shape index (κ1) is 14.0. The highest BCUT2D eigenvalue weighted by molar-refractivity contribution is 4.78. The Morgan fingerprint density at radius 2 is 1.88 bits per heavy atom. The van der Waals surface area contributed by atoms with Gasteiger partial charge in [0.2, 0.25) is 0 Å². The molecule has 1 aliphatic rings. The summed E-state index contributed by atoms with van der Waals surface area (Å²) in [6, 6.07) is 0.657. The minimum Gasteiger partial charge on any atom is -0.329 e. The van der Waals surface area contributed by atoms with Gasteiger partial charge < -0.3 is 5.73 Å². The molecule has 1 rings (SSSR count). The maximum Gasteiger partial charge on any atom is 0.0218 e. The lowest BCUT2D eigenvalue weighted by Gasteiger charge is -2.37. The van der Waals surface area contributed by atoms with Gasteiger partial charge in [0.25, 0.3) is 0 Å². The van der Waals surface area contributed by atoms with Gasteiger partial charge in [0.1, 0.15) is 0 Å². The van der Waals surface area contributed by atoms with E-state index in [4.69, 9.17) is 5.73 Å². The summed E-state index contributed by atoms with van der Waals surface area (Å²) < 4.78 is 0. The summed E-state index contributed by atoms with van der Waals surface area (Å²) in [4.78, 5) is 2.64. The Kier molecular flexibility index (Phi) is 7.06. The molecule has 1 fully saturated rings. The molecule has 0 spiro atoms. The first-order chi connectivity index (χ1) is 7.81. The number of nitrogens with zero attached hydrogens (tertiary/aromatic N) is 1. The summed E-state index contributed by atoms with van der Waals surface area (Å²) in [7, 11) is 0. The van der Waals surface area contributed by atoms with Crippen molar-refractivity contribution in [3.63, 3.8) is 0 Å². The molecule has 0 amide bonds. The zero-order chi connectivity index (χ0) is 11.8. The highest BCUT2D eigenvalue weighted by Crippen LogP contribution is 2.22. The van der Waals surface area contributed by atoms with E-state index in [1.54, 1.807) is 0 Å². The highest BCUT2D eigenvalue weighted by atomic mass is 15.2. The molecule has 0 bridgehead atoms. The molecule has 2 nitrogen and oxygen atoms in total. The smallest absolute Gasteiger partial charge is 0.0218 e. The van der Waals surface area contributed by atoms with E-state index in [0.29, 0.717) is 6.04 Å². The molecular weight excluding hydrogens is 196 g/mol. The molecule has 0 aromatic carbocycles. The lowest BCUT2D eigenvalue weighted by atomic mass is 9.93. The fourth-order valence-corrected chi connectivity index (χ4v) is 2.81. The summed E-state index contributed by atoms with van der Waals surface area (Å²) in [5.74, 6) is 0.977. The van der Waals surface area contributed by atoms with E-state index >= 15 is 0 Å². The molecule has 16 heavy (non-hydrogen) atoms. The molecule has 0 aromatic heterocycles. The zero-order valence-electron chi connectivity index (χ0n) is 11.3. The fraction of sp³-hybridized carbons (Fsp3) is 1.00. The van der Waals surface area contributed by atoms with E-state index < -0.39 is 0 Å². The SMILES string of the molecule is CCCCCC(CN)N1CCC(CC)CC1. The van der Waals surface area contributed by atoms with Gasteiger partial charge in [-0.3, -0.25) is 4.90 Å². The van der Waals surface area contributed by atoms with Crippen molar-refractivity contribution in [2.24, 2.45) is 11.7 Å². The van der Waals surface area contributed by atoms with Crippen LogP contribution in [0.15, 0.2) is 0 Å². The largest absolute Gasteiger partial charge is 0.329 e. The number of hydrogen-bond donors (Lipinski definition) is 1. The van der Waals surface area contributed by atoms with Crippen molar-refractivity contribution in [3.8, 4) is 0 Å². The molecule has 0 aromatic rings. The predicted octanol–water partition coefficient (Wildman–Crippen LogP) is 3.02. The van der Waals surface area contributed by atoms with E-state index in [-0.39, 0.29) is 0 Å². The van der Waals surface area contributed by atoms with Crippen molar-refractivity contribution >= 4 is 0 Å². The second-order valence-electron chi connectivity index (χ2n) is 5.27. The van der Waals surface area contributed by atoms with Gasteiger partial charge >= 0.3 is 0 Å². The predicted molar refractivity (Wildman–Crippen MR) is 71.6 cm³/mol. The molecule has 2 N–H and O–H groups in total. The van der Waals surface area contributed by atoms with Crippen molar-refractivity contribution in [2.75, 3.05) is 19.6 Å². The van der Waals surface area contributed by atoms with Crippen LogP contribution in [0.1, 0.15) is 58.8 Å². The minimum absolute atomic E-state index is 0.657. The first-order valence-corrected chi connectivity index (χ1v) is 7.25. The van der Waals surface area contributed by atoms with Crippen LogP contribution >= 0.6 is 0 Å². The third-order valence-corrected chi connectivity index (χ3v) is 4.16. The van der Waals surface area contributed by atoms with Gasteiger partial charge in [-0.15, -0.1) is 0 Å². The Morgan fingerprint density at radius 1 is 1.19 bits per heavy atom. The molecular formula is C14H30N2. The normalized spacial score (nSPS) is 21.2. The Bertz CT molecular complexity index is 159. The van der Waals surface area contributed by atoms with Crippen LogP contribution in [-0.4, -0.2) is 30.6 Å². The summed E-state index contributed by atoms with van der Waals surface area (Å²) in [5, 5.41) is 0. The number of nitrogens with two attached hydrogens (primary N) is 1. The van der Waals surface area contributed by atoms with Crippen molar-refractivity contribution in [2.45, 2.75) is 64.8 Å².